The zero-order valence-corrected chi connectivity index (χ0v) is 45.5. The minimum absolute atomic E-state index is 0.00321. The predicted molar refractivity (Wildman–Crippen MR) is 300 cm³/mol. The van der Waals surface area contributed by atoms with Gasteiger partial charge in [-0.15, -0.1) is 0 Å². The number of aliphatic imine (C=N–C) groups is 2. The lowest BCUT2D eigenvalue weighted by Gasteiger charge is -2.26. The quantitative estimate of drug-likeness (QED) is 0.0272. The molecule has 4 aromatic rings. The number of carbonyl (C=O) groups is 9. The smallest absolute Gasteiger partial charge is 0.224 e. The summed E-state index contributed by atoms with van der Waals surface area (Å²) in [5.74, 6) is -9.98. The molecule has 8 atom stereocenters. The number of nitrogens with one attached hydrogen (secondary N) is 6. The number of nitrogens with two attached hydrogens (primary N) is 5. The number of Topliss-reactive ketones (excluding diaryl/α,β-unsaturated/α-hetero) is 4. The Labute approximate surface area is 460 Å². The summed E-state index contributed by atoms with van der Waals surface area (Å²) in [5.41, 5.74) is 30.8. The van der Waals surface area contributed by atoms with E-state index in [2.05, 4.69) is 46.2 Å². The maximum Gasteiger partial charge on any atom is 0.224 e. The third kappa shape index (κ3) is 20.1. The third-order valence-corrected chi connectivity index (χ3v) is 15.9. The number of benzene rings is 2. The van der Waals surface area contributed by atoms with Crippen LogP contribution < -0.4 is 49.9 Å². The molecule has 3 heterocycles. The number of H-pyrrole nitrogens is 2. The number of nitrogens with zero attached hydrogens (tertiary/aromatic N) is 3. The van der Waals surface area contributed by atoms with Crippen LogP contribution in [0.15, 0.2) is 83.3 Å². The Hall–Kier alpha value is -7.54. The average molecular weight is 1110 g/mol. The molecular formula is C53H72N14O9S2. The Balaban J connectivity index is 1.55. The number of hydrogen-bond acceptors (Lipinski definition) is 14. The normalized spacial score (nSPS) is 22.1. The fraction of sp³-hybridized carbons (Fsp3) is 0.472. The van der Waals surface area contributed by atoms with E-state index in [1.165, 1.54) is 26.4 Å². The first-order chi connectivity index (χ1) is 37.3. The summed E-state index contributed by atoms with van der Waals surface area (Å²) in [7, 11) is 2.27. The van der Waals surface area contributed by atoms with Gasteiger partial charge in [-0.05, 0) is 56.2 Å². The van der Waals surface area contributed by atoms with Crippen molar-refractivity contribution in [2.75, 3.05) is 24.6 Å². The van der Waals surface area contributed by atoms with Gasteiger partial charge in [0.2, 0.25) is 29.5 Å². The largest absolute Gasteiger partial charge is 0.370 e. The van der Waals surface area contributed by atoms with Gasteiger partial charge in [-0.2, -0.15) is 0 Å². The van der Waals surface area contributed by atoms with Crippen molar-refractivity contribution in [3.05, 3.63) is 90.1 Å². The van der Waals surface area contributed by atoms with Gasteiger partial charge in [-0.1, -0.05) is 70.1 Å². The highest BCUT2D eigenvalue weighted by Gasteiger charge is 2.36. The number of ketones is 4. The first-order valence-corrected chi connectivity index (χ1v) is 28.3. The van der Waals surface area contributed by atoms with Crippen LogP contribution in [-0.4, -0.2) is 128 Å². The number of aromatic amines is 2. The Morgan fingerprint density at radius 2 is 1.32 bits per heavy atom. The van der Waals surface area contributed by atoms with Crippen LogP contribution in [0.25, 0.3) is 10.9 Å². The SMILES string of the molecule is CC(=O)NC(CCCN=C(N)N)C(=O)C[C@H]1CSSC[C@@H](C(N)=O)CC(=O)[C@H](Cc2c[nH]c3ccccc23)NC(=O)[C@H](CCCN=C(N)N)CC(=O)[C@@H](Cc2ccccc2)NC(=O)[C@H](Cc2cnc[nH]2)CC(=O)[C@@H](C)NC1=O. The van der Waals surface area contributed by atoms with E-state index in [0.717, 1.165) is 32.5 Å². The second-order valence-electron chi connectivity index (χ2n) is 19.5. The summed E-state index contributed by atoms with van der Waals surface area (Å²) < 4.78 is 0. The molecule has 1 aliphatic heterocycles. The maximum atomic E-state index is 14.8. The number of hydrogen-bond donors (Lipinski definition) is 11. The lowest BCUT2D eigenvalue weighted by molar-refractivity contribution is -0.135. The van der Waals surface area contributed by atoms with E-state index < -0.39 is 120 Å². The molecule has 25 heteroatoms. The van der Waals surface area contributed by atoms with Gasteiger partial charge in [0, 0.05) is 105 Å². The predicted octanol–water partition coefficient (Wildman–Crippen LogP) is 1.19. The number of aromatic nitrogens is 3. The molecule has 23 nitrogen and oxygen atoms in total. The van der Waals surface area contributed by atoms with Gasteiger partial charge in [0.15, 0.2) is 35.1 Å². The number of guanidine groups is 2. The Morgan fingerprint density at radius 1 is 0.705 bits per heavy atom. The summed E-state index contributed by atoms with van der Waals surface area (Å²) in [4.78, 5) is 145. The molecule has 0 aliphatic carbocycles. The van der Waals surface area contributed by atoms with E-state index >= 15 is 0 Å². The van der Waals surface area contributed by atoms with Crippen molar-refractivity contribution in [3.8, 4) is 0 Å². The molecule has 0 saturated carbocycles. The summed E-state index contributed by atoms with van der Waals surface area (Å²) in [6, 6.07) is 11.7. The van der Waals surface area contributed by atoms with Crippen molar-refractivity contribution in [1.82, 2.24) is 36.2 Å². The van der Waals surface area contributed by atoms with E-state index in [0.29, 0.717) is 23.2 Å². The molecule has 5 rings (SSSR count). The molecule has 2 aromatic carbocycles. The number of rotatable bonds is 19. The number of carbonyl (C=O) groups excluding carboxylic acids is 9. The van der Waals surface area contributed by atoms with Crippen molar-refractivity contribution in [3.63, 3.8) is 0 Å². The van der Waals surface area contributed by atoms with Crippen LogP contribution in [0.3, 0.4) is 0 Å². The maximum absolute atomic E-state index is 14.8. The van der Waals surface area contributed by atoms with Gasteiger partial charge < -0.3 is 59.9 Å². The van der Waals surface area contributed by atoms with Gasteiger partial charge in [0.25, 0.3) is 0 Å². The van der Waals surface area contributed by atoms with Crippen molar-refractivity contribution < 1.29 is 43.2 Å². The van der Waals surface area contributed by atoms with Crippen molar-refractivity contribution in [2.24, 2.45) is 62.3 Å². The molecule has 5 amide bonds. The van der Waals surface area contributed by atoms with Crippen molar-refractivity contribution in [2.45, 2.75) is 109 Å². The van der Waals surface area contributed by atoms with Crippen molar-refractivity contribution >= 4 is 97.1 Å². The lowest BCUT2D eigenvalue weighted by Crippen LogP contribution is -2.49. The zero-order valence-electron chi connectivity index (χ0n) is 43.9. The zero-order chi connectivity index (χ0) is 56.7. The van der Waals surface area contributed by atoms with Gasteiger partial charge in [-0.25, -0.2) is 4.98 Å². The first kappa shape index (κ1) is 61.3. The molecule has 0 radical (unpaired) electrons. The molecule has 0 spiro atoms. The van der Waals surface area contributed by atoms with Gasteiger partial charge in [-0.3, -0.25) is 53.1 Å². The second kappa shape index (κ2) is 31.0. The third-order valence-electron chi connectivity index (χ3n) is 13.3. The van der Waals surface area contributed by atoms with Crippen LogP contribution in [0.5, 0.6) is 0 Å². The molecule has 1 fully saturated rings. The summed E-state index contributed by atoms with van der Waals surface area (Å²) in [6.45, 7) is 3.00. The number of para-hydroxylation sites is 1. The van der Waals surface area contributed by atoms with E-state index in [1.807, 2.05) is 24.3 Å². The number of primary amides is 1. The Bertz CT molecular complexity index is 2760. The Kier molecular flexibility index (Phi) is 24.4. The number of imidazole rings is 1. The molecule has 2 aromatic heterocycles. The van der Waals surface area contributed by atoms with Crippen LogP contribution >= 0.6 is 21.6 Å². The topological polar surface area (TPSA) is 401 Å². The Morgan fingerprint density at radius 3 is 1.99 bits per heavy atom. The monoisotopic (exact) mass is 1110 g/mol. The number of amides is 5. The first-order valence-electron chi connectivity index (χ1n) is 25.8. The van der Waals surface area contributed by atoms with Crippen LogP contribution in [0.4, 0.5) is 0 Å². The molecular weight excluding hydrogens is 1040 g/mol. The second-order valence-corrected chi connectivity index (χ2v) is 22.0. The van der Waals surface area contributed by atoms with E-state index in [9.17, 15) is 43.2 Å². The van der Waals surface area contributed by atoms with Gasteiger partial charge in [0.1, 0.15) is 0 Å². The van der Waals surface area contributed by atoms with Crippen LogP contribution in [0.1, 0.15) is 82.0 Å². The van der Waals surface area contributed by atoms with Crippen LogP contribution in [0.2, 0.25) is 0 Å². The van der Waals surface area contributed by atoms with Crippen molar-refractivity contribution in [1.29, 1.82) is 0 Å². The fourth-order valence-corrected chi connectivity index (χ4v) is 11.6. The standard InChI is InChI=1S/C53H72N14O9S2/c1-30-44(69)22-34(19-38-26-59-29-63-38)50(75)66-42(18-32-10-4-3-5-11-32)46(71)21-33(12-8-16-60-52(55)56)49(74)67-43(20-35-25-62-40-14-7-6-13-39(35)40)47(72)23-36(48(54)73)27-77-78-28-37(51(76)64-30)24-45(70)41(65-31(2)68)15-9-17-61-53(57)58/h3-7,10-11,13-14,25-26,29-30,33-34,36-37,41-43,62H,8-9,12,15-24,27-28H2,1-2H3,(H2,54,73)(H,59,63)(H,64,76)(H,65,68)(H,66,75)(H,67,74)(H4,55,56,60)(H4,57,58,61)/t30-,33-,34-,36+,37+,41?,42-,43+/m1/s1. The molecule has 1 aliphatic rings. The molecule has 0 bridgehead atoms. The molecule has 1 saturated heterocycles. The number of fused-ring (bicyclic) bond motifs is 1. The summed E-state index contributed by atoms with van der Waals surface area (Å²) >= 11 is 0. The average Bonchev–Trinajstić information content (AvgIpc) is 4.10. The van der Waals surface area contributed by atoms with Gasteiger partial charge in [0.05, 0.1) is 48.2 Å². The molecule has 1 unspecified atom stereocenters. The minimum Gasteiger partial charge on any atom is -0.370 e. The van der Waals surface area contributed by atoms with E-state index in [-0.39, 0.29) is 81.5 Å². The van der Waals surface area contributed by atoms with Crippen LogP contribution in [0, 0.1) is 23.7 Å². The summed E-state index contributed by atoms with van der Waals surface area (Å²) in [5, 5.41) is 12.0. The van der Waals surface area contributed by atoms with E-state index in [1.54, 1.807) is 36.5 Å². The lowest BCUT2D eigenvalue weighted by atomic mass is 9.89. The highest BCUT2D eigenvalue weighted by Crippen LogP contribution is 2.30. The summed E-state index contributed by atoms with van der Waals surface area (Å²) in [6.07, 6.45) is 3.89. The van der Waals surface area contributed by atoms with Gasteiger partial charge >= 0.3 is 0 Å². The molecule has 420 valence electrons. The highest BCUT2D eigenvalue weighted by atomic mass is 33.1. The molecule has 78 heavy (non-hydrogen) atoms. The molecule has 16 N–H and O–H groups in total. The fourth-order valence-electron chi connectivity index (χ4n) is 9.01. The minimum atomic E-state index is -1.22. The highest BCUT2D eigenvalue weighted by molar-refractivity contribution is 8.76. The van der Waals surface area contributed by atoms with E-state index in [4.69, 9.17) is 28.7 Å². The van der Waals surface area contributed by atoms with Crippen LogP contribution in [-0.2, 0) is 62.4 Å².